The van der Waals surface area contributed by atoms with Crippen LogP contribution in [0, 0.1) is 23.1 Å². The molecule has 0 saturated carbocycles. The molecule has 1 saturated heterocycles. The molecule has 1 aliphatic heterocycles. The number of halogens is 1. The lowest BCUT2D eigenvalue weighted by molar-refractivity contribution is -0.145. The molecule has 23 heavy (non-hydrogen) atoms. The van der Waals surface area contributed by atoms with E-state index in [1.807, 2.05) is 6.07 Å². The minimum absolute atomic E-state index is 0.0805. The van der Waals surface area contributed by atoms with Crippen LogP contribution in [0.3, 0.4) is 0 Å². The van der Waals surface area contributed by atoms with Crippen LogP contribution in [-0.2, 0) is 9.59 Å². The van der Waals surface area contributed by atoms with Gasteiger partial charge in [0.1, 0.15) is 17.5 Å². The van der Waals surface area contributed by atoms with Gasteiger partial charge in [-0.3, -0.25) is 9.59 Å². The van der Waals surface area contributed by atoms with Gasteiger partial charge in [0, 0.05) is 25.0 Å². The average Bonchev–Trinajstić information content (AvgIpc) is 2.57. The van der Waals surface area contributed by atoms with E-state index in [2.05, 4.69) is 5.32 Å². The van der Waals surface area contributed by atoms with E-state index in [1.165, 1.54) is 35.4 Å². The summed E-state index contributed by atoms with van der Waals surface area (Å²) < 4.78 is 12.8. The third-order valence-electron chi connectivity index (χ3n) is 3.71. The minimum Gasteiger partial charge on any atom is -0.481 e. The van der Waals surface area contributed by atoms with E-state index in [-0.39, 0.29) is 11.4 Å². The van der Waals surface area contributed by atoms with E-state index in [0.717, 1.165) is 0 Å². The summed E-state index contributed by atoms with van der Waals surface area (Å²) in [5.41, 5.74) is 0.472. The number of anilines is 1. The number of carbonyl (C=O) groups excluding carboxylic acids is 1. The lowest BCUT2D eigenvalue weighted by atomic mass is 9.97. The molecule has 1 heterocycles. The van der Waals surface area contributed by atoms with Crippen molar-refractivity contribution in [1.29, 1.82) is 5.26 Å². The molecule has 120 valence electrons. The predicted octanol–water partition coefficient (Wildman–Crippen LogP) is 1.97. The van der Waals surface area contributed by atoms with Gasteiger partial charge in [-0.25, -0.2) is 4.39 Å². The Morgan fingerprint density at radius 3 is 2.43 bits per heavy atom. The van der Waals surface area contributed by atoms with Crippen LogP contribution in [0.15, 0.2) is 36.0 Å². The molecule has 0 aromatic heterocycles. The molecule has 6 nitrogen and oxygen atoms in total. The number of hydrogen-bond acceptors (Lipinski definition) is 4. The SMILES string of the molecule is N#C/C(=C/Nc1ccc(F)cc1)C(=O)N1CCC(C(=O)O)CC1. The predicted molar refractivity (Wildman–Crippen MR) is 80.7 cm³/mol. The van der Waals surface area contributed by atoms with Crippen molar-refractivity contribution in [1.82, 2.24) is 4.90 Å². The summed E-state index contributed by atoms with van der Waals surface area (Å²) in [6.45, 7) is 0.622. The first kappa shape index (κ1) is 16.5. The molecule has 2 rings (SSSR count). The zero-order valence-electron chi connectivity index (χ0n) is 12.3. The van der Waals surface area contributed by atoms with Gasteiger partial charge in [-0.2, -0.15) is 5.26 Å². The lowest BCUT2D eigenvalue weighted by Gasteiger charge is -2.29. The highest BCUT2D eigenvalue weighted by Gasteiger charge is 2.28. The van der Waals surface area contributed by atoms with Gasteiger partial charge in [-0.05, 0) is 37.1 Å². The number of nitrogens with one attached hydrogen (secondary N) is 1. The summed E-state index contributed by atoms with van der Waals surface area (Å²) in [6.07, 6.45) is 2.04. The van der Waals surface area contributed by atoms with E-state index in [1.54, 1.807) is 0 Å². The standard InChI is InChI=1S/C16H16FN3O3/c17-13-1-3-14(4-2-13)19-10-12(9-18)15(21)20-7-5-11(6-8-20)16(22)23/h1-4,10-11,19H,5-8H2,(H,22,23)/b12-10-. The van der Waals surface area contributed by atoms with E-state index in [4.69, 9.17) is 10.4 Å². The summed E-state index contributed by atoms with van der Waals surface area (Å²) in [4.78, 5) is 24.6. The van der Waals surface area contributed by atoms with Crippen molar-refractivity contribution in [3.8, 4) is 6.07 Å². The molecule has 7 heteroatoms. The molecule has 1 aromatic rings. The van der Waals surface area contributed by atoms with Crippen LogP contribution in [-0.4, -0.2) is 35.0 Å². The quantitative estimate of drug-likeness (QED) is 0.654. The lowest BCUT2D eigenvalue weighted by Crippen LogP contribution is -2.40. The highest BCUT2D eigenvalue weighted by molar-refractivity contribution is 5.97. The maximum absolute atomic E-state index is 12.8. The Bertz CT molecular complexity index is 656. The number of carboxylic acid groups (broad SMARTS) is 1. The molecule has 0 spiro atoms. The van der Waals surface area contributed by atoms with Gasteiger partial charge in [0.15, 0.2) is 0 Å². The van der Waals surface area contributed by atoms with Gasteiger partial charge < -0.3 is 15.3 Å². The first-order valence-corrected chi connectivity index (χ1v) is 7.15. The van der Waals surface area contributed by atoms with Gasteiger partial charge in [-0.15, -0.1) is 0 Å². The number of benzene rings is 1. The fourth-order valence-electron chi connectivity index (χ4n) is 2.34. The summed E-state index contributed by atoms with van der Waals surface area (Å²) in [7, 11) is 0. The maximum atomic E-state index is 12.8. The number of aliphatic carboxylic acids is 1. The van der Waals surface area contributed by atoms with Crippen LogP contribution in [0.5, 0.6) is 0 Å². The number of carbonyl (C=O) groups is 2. The maximum Gasteiger partial charge on any atom is 0.306 e. The molecular weight excluding hydrogens is 301 g/mol. The zero-order valence-corrected chi connectivity index (χ0v) is 12.3. The van der Waals surface area contributed by atoms with Crippen molar-refractivity contribution in [2.75, 3.05) is 18.4 Å². The van der Waals surface area contributed by atoms with Gasteiger partial charge in [0.05, 0.1) is 5.92 Å². The van der Waals surface area contributed by atoms with Gasteiger partial charge in [0.25, 0.3) is 5.91 Å². The Balaban J connectivity index is 1.99. The normalized spacial score (nSPS) is 15.8. The smallest absolute Gasteiger partial charge is 0.306 e. The fourth-order valence-corrected chi connectivity index (χ4v) is 2.34. The molecule has 0 unspecified atom stereocenters. The van der Waals surface area contributed by atoms with Crippen LogP contribution < -0.4 is 5.32 Å². The minimum atomic E-state index is -0.855. The number of amides is 1. The molecule has 2 N–H and O–H groups in total. The monoisotopic (exact) mass is 317 g/mol. The largest absolute Gasteiger partial charge is 0.481 e. The molecule has 0 bridgehead atoms. The number of piperidine rings is 1. The molecule has 1 amide bonds. The first-order chi connectivity index (χ1) is 11.0. The molecule has 0 radical (unpaired) electrons. The van der Waals surface area contributed by atoms with Crippen LogP contribution in [0.25, 0.3) is 0 Å². The van der Waals surface area contributed by atoms with Gasteiger partial charge in [-0.1, -0.05) is 0 Å². The highest BCUT2D eigenvalue weighted by Crippen LogP contribution is 2.19. The summed E-state index contributed by atoms with van der Waals surface area (Å²) in [5, 5.41) is 20.9. The van der Waals surface area contributed by atoms with Gasteiger partial charge in [0.2, 0.25) is 0 Å². The fraction of sp³-hybridized carbons (Fsp3) is 0.312. The highest BCUT2D eigenvalue weighted by atomic mass is 19.1. The van der Waals surface area contributed by atoms with E-state index in [9.17, 15) is 14.0 Å². The molecule has 1 aromatic carbocycles. The summed E-state index contributed by atoms with van der Waals surface area (Å²) in [5.74, 6) is -2.11. The van der Waals surface area contributed by atoms with Gasteiger partial charge >= 0.3 is 5.97 Å². The third kappa shape index (κ3) is 4.30. The van der Waals surface area contributed by atoms with Crippen molar-refractivity contribution >= 4 is 17.6 Å². The number of likely N-dealkylation sites (tertiary alicyclic amines) is 1. The Hall–Kier alpha value is -2.88. The number of nitrogens with zero attached hydrogens (tertiary/aromatic N) is 2. The Morgan fingerprint density at radius 1 is 1.30 bits per heavy atom. The Labute approximate surface area is 132 Å². The first-order valence-electron chi connectivity index (χ1n) is 7.15. The summed E-state index contributed by atoms with van der Waals surface area (Å²) >= 11 is 0. The summed E-state index contributed by atoms with van der Waals surface area (Å²) in [6, 6.07) is 7.34. The average molecular weight is 317 g/mol. The van der Waals surface area contributed by atoms with E-state index >= 15 is 0 Å². The number of rotatable bonds is 4. The zero-order chi connectivity index (χ0) is 16.8. The molecule has 0 aliphatic carbocycles. The number of nitriles is 1. The van der Waals surface area contributed by atoms with E-state index < -0.39 is 17.8 Å². The van der Waals surface area contributed by atoms with Crippen LogP contribution >= 0.6 is 0 Å². The third-order valence-corrected chi connectivity index (χ3v) is 3.71. The van der Waals surface area contributed by atoms with Crippen molar-refractivity contribution < 1.29 is 19.1 Å². The Kier molecular flexibility index (Phi) is 5.31. The molecule has 1 fully saturated rings. The van der Waals surface area contributed by atoms with Crippen molar-refractivity contribution in [3.63, 3.8) is 0 Å². The van der Waals surface area contributed by atoms with E-state index in [0.29, 0.717) is 31.6 Å². The second-order valence-corrected chi connectivity index (χ2v) is 5.23. The second-order valence-electron chi connectivity index (χ2n) is 5.23. The molecule has 1 aliphatic rings. The van der Waals surface area contributed by atoms with Crippen LogP contribution in [0.2, 0.25) is 0 Å². The molecular formula is C16H16FN3O3. The Morgan fingerprint density at radius 2 is 1.91 bits per heavy atom. The number of carboxylic acids is 1. The van der Waals surface area contributed by atoms with Crippen molar-refractivity contribution in [3.05, 3.63) is 41.9 Å². The number of hydrogen-bond donors (Lipinski definition) is 2. The molecule has 0 atom stereocenters. The topological polar surface area (TPSA) is 93.4 Å². The van der Waals surface area contributed by atoms with Crippen molar-refractivity contribution in [2.24, 2.45) is 5.92 Å². The van der Waals surface area contributed by atoms with Crippen LogP contribution in [0.1, 0.15) is 12.8 Å². The second kappa shape index (κ2) is 7.40. The van der Waals surface area contributed by atoms with Crippen LogP contribution in [0.4, 0.5) is 10.1 Å². The van der Waals surface area contributed by atoms with Crippen molar-refractivity contribution in [2.45, 2.75) is 12.8 Å².